The quantitative estimate of drug-likeness (QED) is 0.333. The molecule has 0 aliphatic heterocycles. The maximum Gasteiger partial charge on any atom is 0.355 e. The van der Waals surface area contributed by atoms with E-state index in [1.54, 1.807) is 42.6 Å². The van der Waals surface area contributed by atoms with Gasteiger partial charge in [-0.2, -0.15) is 4.98 Å². The van der Waals surface area contributed by atoms with Crippen LogP contribution in [0.15, 0.2) is 70.2 Å². The van der Waals surface area contributed by atoms with E-state index in [4.69, 9.17) is 0 Å². The van der Waals surface area contributed by atoms with Gasteiger partial charge in [0.05, 0.1) is 0 Å². The Morgan fingerprint density at radius 3 is 2.56 bits per heavy atom. The molecular weight excluding hydrogens is 516 g/mol. The first-order valence-corrected chi connectivity index (χ1v) is 13.1. The highest BCUT2D eigenvalue weighted by molar-refractivity contribution is 9.10. The van der Waals surface area contributed by atoms with Gasteiger partial charge >= 0.3 is 5.97 Å². The smallest absolute Gasteiger partial charge is 0.355 e. The molecule has 4 rings (SSSR count). The predicted molar refractivity (Wildman–Crippen MR) is 128 cm³/mol. The molecule has 0 spiro atoms. The number of hydrogen-bond acceptors (Lipinski definition) is 8. The highest BCUT2D eigenvalue weighted by Crippen LogP contribution is 2.32. The van der Waals surface area contributed by atoms with Crippen LogP contribution in [-0.4, -0.2) is 40.7 Å². The van der Waals surface area contributed by atoms with Crippen LogP contribution in [-0.2, 0) is 8.87 Å². The number of carboxylic acids is 1. The molecule has 0 aliphatic rings. The first kappa shape index (κ1) is 22.2. The lowest BCUT2D eigenvalue weighted by Crippen LogP contribution is -2.06. The van der Waals surface area contributed by atoms with Crippen LogP contribution >= 0.6 is 26.7 Å². The van der Waals surface area contributed by atoms with Gasteiger partial charge in [-0.1, -0.05) is 40.2 Å². The Balaban J connectivity index is 1.72. The van der Waals surface area contributed by atoms with Crippen LogP contribution in [0.5, 0.6) is 0 Å². The Morgan fingerprint density at radius 1 is 1.06 bits per heavy atom. The molecule has 0 saturated heterocycles. The monoisotopic (exact) mass is 530 g/mol. The van der Waals surface area contributed by atoms with Crippen LogP contribution in [0.2, 0.25) is 0 Å². The average molecular weight is 531 g/mol. The van der Waals surface area contributed by atoms with Crippen LogP contribution < -0.4 is 5.32 Å². The molecular formula is C21H15BrN4O4S2. The molecule has 8 nitrogen and oxygen atoms in total. The largest absolute Gasteiger partial charge is 0.476 e. The second kappa shape index (κ2) is 8.85. The molecule has 162 valence electrons. The molecule has 0 atom stereocenters. The van der Waals surface area contributed by atoms with Crippen LogP contribution in [0.1, 0.15) is 10.5 Å². The highest BCUT2D eigenvalue weighted by atomic mass is 79.9. The van der Waals surface area contributed by atoms with E-state index in [0.717, 1.165) is 21.5 Å². The van der Waals surface area contributed by atoms with Crippen molar-refractivity contribution in [1.29, 1.82) is 0 Å². The number of anilines is 2. The van der Waals surface area contributed by atoms with E-state index < -0.39 is 14.8 Å². The molecule has 0 amide bonds. The van der Waals surface area contributed by atoms with Gasteiger partial charge in [0.1, 0.15) is 0 Å². The Kier molecular flexibility index (Phi) is 6.13. The van der Waals surface area contributed by atoms with Crippen LogP contribution in [0, 0.1) is 0 Å². The lowest BCUT2D eigenvalue weighted by atomic mass is 10.0. The zero-order valence-electron chi connectivity index (χ0n) is 16.5. The SMILES string of the molecule is CS(=O)(=O)Sc1cccc(Nc2ncc3cc(-c4ccccc4Br)c(C(=O)O)nc3n2)c1. The standard InChI is InChI=1S/C21H15BrN4O4S2/c1-32(29,30)31-14-6-4-5-13(10-14)24-21-23-11-12-9-16(15-7-2-3-8-17(15)22)18(20(27)28)25-19(12)26-21/h2-11H,1H3,(H,27,28)(H,23,24,25,26). The summed E-state index contributed by atoms with van der Waals surface area (Å²) in [5, 5.41) is 13.3. The zero-order chi connectivity index (χ0) is 22.9. The summed E-state index contributed by atoms with van der Waals surface area (Å²) in [6.45, 7) is 0. The molecule has 2 aromatic heterocycles. The number of benzene rings is 2. The van der Waals surface area contributed by atoms with E-state index in [0.29, 0.717) is 27.1 Å². The van der Waals surface area contributed by atoms with Crippen molar-refractivity contribution in [2.45, 2.75) is 4.90 Å². The van der Waals surface area contributed by atoms with Gasteiger partial charge in [0.25, 0.3) is 0 Å². The lowest BCUT2D eigenvalue weighted by molar-refractivity contribution is 0.0691. The molecule has 0 unspecified atom stereocenters. The molecule has 0 bridgehead atoms. The number of fused-ring (bicyclic) bond motifs is 1. The number of nitrogens with zero attached hydrogens (tertiary/aromatic N) is 3. The Bertz CT molecular complexity index is 1460. The number of carbonyl (C=O) groups is 1. The van der Waals surface area contributed by atoms with Crippen LogP contribution in [0.25, 0.3) is 22.2 Å². The molecule has 2 N–H and O–H groups in total. The van der Waals surface area contributed by atoms with Crippen molar-refractivity contribution >= 4 is 64.2 Å². The number of nitrogens with one attached hydrogen (secondary N) is 1. The summed E-state index contributed by atoms with van der Waals surface area (Å²) < 4.78 is 23.8. The zero-order valence-corrected chi connectivity index (χ0v) is 19.7. The fraction of sp³-hybridized carbons (Fsp3) is 0.0476. The summed E-state index contributed by atoms with van der Waals surface area (Å²) in [5.74, 6) is -0.965. The molecule has 32 heavy (non-hydrogen) atoms. The highest BCUT2D eigenvalue weighted by Gasteiger charge is 2.18. The van der Waals surface area contributed by atoms with Crippen LogP contribution in [0.3, 0.4) is 0 Å². The third-order valence-electron chi connectivity index (χ3n) is 4.27. The number of hydrogen-bond donors (Lipinski definition) is 2. The maximum atomic E-state index is 11.9. The molecule has 0 radical (unpaired) electrons. The molecule has 0 fully saturated rings. The van der Waals surface area contributed by atoms with Crippen molar-refractivity contribution in [2.75, 3.05) is 11.6 Å². The molecule has 0 saturated carbocycles. The van der Waals surface area contributed by atoms with E-state index in [1.165, 1.54) is 0 Å². The van der Waals surface area contributed by atoms with Crippen molar-refractivity contribution in [3.05, 3.63) is 71.0 Å². The van der Waals surface area contributed by atoms with Crippen molar-refractivity contribution in [1.82, 2.24) is 15.0 Å². The van der Waals surface area contributed by atoms with E-state index in [9.17, 15) is 18.3 Å². The number of aromatic carboxylic acids is 1. The Hall–Kier alpha value is -3.02. The minimum Gasteiger partial charge on any atom is -0.476 e. The van der Waals surface area contributed by atoms with E-state index >= 15 is 0 Å². The number of halogens is 1. The average Bonchev–Trinajstić information content (AvgIpc) is 2.72. The summed E-state index contributed by atoms with van der Waals surface area (Å²) in [4.78, 5) is 25.3. The number of aromatic nitrogens is 3. The molecule has 0 aliphatic carbocycles. The normalized spacial score (nSPS) is 11.4. The van der Waals surface area contributed by atoms with E-state index in [2.05, 4.69) is 36.2 Å². The predicted octanol–water partition coefficient (Wildman–Crippen LogP) is 4.95. The second-order valence-corrected chi connectivity index (χ2v) is 11.9. The minimum atomic E-state index is -3.25. The van der Waals surface area contributed by atoms with Gasteiger partial charge in [-0.3, -0.25) is 0 Å². The van der Waals surface area contributed by atoms with Crippen molar-refractivity contribution in [2.24, 2.45) is 0 Å². The molecule has 2 aromatic carbocycles. The van der Waals surface area contributed by atoms with E-state index in [-0.39, 0.29) is 17.3 Å². The van der Waals surface area contributed by atoms with Gasteiger partial charge in [0, 0.05) is 49.3 Å². The summed E-state index contributed by atoms with van der Waals surface area (Å²) >= 11 is 3.45. The van der Waals surface area contributed by atoms with Gasteiger partial charge in [0.15, 0.2) is 11.3 Å². The maximum absolute atomic E-state index is 11.9. The first-order valence-electron chi connectivity index (χ1n) is 9.12. The van der Waals surface area contributed by atoms with E-state index in [1.807, 2.05) is 18.2 Å². The fourth-order valence-electron chi connectivity index (χ4n) is 3.00. The molecule has 4 aromatic rings. The van der Waals surface area contributed by atoms with Crippen molar-refractivity contribution < 1.29 is 18.3 Å². The van der Waals surface area contributed by atoms with Crippen molar-refractivity contribution in [3.63, 3.8) is 0 Å². The topological polar surface area (TPSA) is 122 Å². The number of pyridine rings is 1. The van der Waals surface area contributed by atoms with Crippen LogP contribution in [0.4, 0.5) is 11.6 Å². The summed E-state index contributed by atoms with van der Waals surface area (Å²) in [7, 11) is -2.51. The van der Waals surface area contributed by atoms with Crippen molar-refractivity contribution in [3.8, 4) is 11.1 Å². The van der Waals surface area contributed by atoms with Gasteiger partial charge in [-0.15, -0.1) is 0 Å². The van der Waals surface area contributed by atoms with Gasteiger partial charge in [0.2, 0.25) is 14.8 Å². The van der Waals surface area contributed by atoms with Gasteiger partial charge < -0.3 is 10.4 Å². The molecule has 2 heterocycles. The molecule has 11 heteroatoms. The first-order chi connectivity index (χ1) is 15.2. The lowest BCUT2D eigenvalue weighted by Gasteiger charge is -2.11. The number of rotatable bonds is 6. The summed E-state index contributed by atoms with van der Waals surface area (Å²) in [6.07, 6.45) is 2.69. The number of carboxylic acid groups (broad SMARTS) is 1. The minimum absolute atomic E-state index is 0.124. The van der Waals surface area contributed by atoms with Gasteiger partial charge in [-0.05, 0) is 35.9 Å². The Labute approximate surface area is 195 Å². The second-order valence-electron chi connectivity index (χ2n) is 6.72. The third-order valence-corrected chi connectivity index (χ3v) is 7.20. The third kappa shape index (κ3) is 5.06. The summed E-state index contributed by atoms with van der Waals surface area (Å²) in [5.41, 5.74) is 1.83. The van der Waals surface area contributed by atoms with Gasteiger partial charge in [-0.25, -0.2) is 23.2 Å². The Morgan fingerprint density at radius 2 is 1.84 bits per heavy atom. The summed E-state index contributed by atoms with van der Waals surface area (Å²) in [6, 6.07) is 15.8. The fourth-order valence-corrected chi connectivity index (χ4v) is 5.52.